The summed E-state index contributed by atoms with van der Waals surface area (Å²) in [7, 11) is 0. The molecule has 82 valence electrons. The van der Waals surface area contributed by atoms with Crippen molar-refractivity contribution in [2.75, 3.05) is 0 Å². The molecule has 0 saturated heterocycles. The van der Waals surface area contributed by atoms with Gasteiger partial charge in [0.2, 0.25) is 0 Å². The Kier molecular flexibility index (Phi) is 2.83. The molecular weight excluding hydrogens is 218 g/mol. The maximum Gasteiger partial charge on any atom is 0.158 e. The van der Waals surface area contributed by atoms with Gasteiger partial charge in [-0.2, -0.15) is 0 Å². The molecule has 0 aliphatic heterocycles. The highest BCUT2D eigenvalue weighted by molar-refractivity contribution is 7.71. The maximum absolute atomic E-state index is 5.10. The van der Waals surface area contributed by atoms with E-state index in [1.54, 1.807) is 0 Å². The summed E-state index contributed by atoms with van der Waals surface area (Å²) in [5.41, 5.74) is 4.11. The molecule has 0 atom stereocenters. The molecule has 0 fully saturated rings. The van der Waals surface area contributed by atoms with Crippen molar-refractivity contribution >= 4 is 12.2 Å². The van der Waals surface area contributed by atoms with Gasteiger partial charge in [-0.25, -0.2) is 4.98 Å². The van der Waals surface area contributed by atoms with Gasteiger partial charge >= 0.3 is 0 Å². The lowest BCUT2D eigenvalue weighted by Crippen LogP contribution is -1.97. The first-order valence-electron chi connectivity index (χ1n) is 5.08. The van der Waals surface area contributed by atoms with Gasteiger partial charge in [-0.1, -0.05) is 18.3 Å². The second-order valence-electron chi connectivity index (χ2n) is 3.93. The molecule has 16 heavy (non-hydrogen) atoms. The third kappa shape index (κ3) is 2.17. The molecule has 0 unspecified atom stereocenters. The number of hydrogen-bond donors (Lipinski definition) is 1. The fourth-order valence-corrected chi connectivity index (χ4v) is 1.92. The average Bonchev–Trinajstić information content (AvgIpc) is 2.15. The van der Waals surface area contributed by atoms with Crippen molar-refractivity contribution in [3.05, 3.63) is 39.8 Å². The highest BCUT2D eigenvalue weighted by Gasteiger charge is 2.06. The summed E-state index contributed by atoms with van der Waals surface area (Å²) in [5.74, 6) is 0.738. The average molecular weight is 231 g/mol. The highest BCUT2D eigenvalue weighted by atomic mass is 32.1. The molecule has 1 N–H and O–H groups in total. The first-order chi connectivity index (χ1) is 7.56. The number of nitrogens with zero attached hydrogens (tertiary/aromatic N) is 2. The zero-order valence-corrected chi connectivity index (χ0v) is 10.4. The van der Waals surface area contributed by atoms with E-state index in [4.69, 9.17) is 12.2 Å². The van der Waals surface area contributed by atoms with Crippen LogP contribution in [0.4, 0.5) is 0 Å². The van der Waals surface area contributed by atoms with Crippen LogP contribution in [0.15, 0.2) is 18.3 Å². The van der Waals surface area contributed by atoms with Gasteiger partial charge in [-0.05, 0) is 38.0 Å². The molecule has 0 aromatic carbocycles. The normalized spacial score (nSPS) is 10.4. The lowest BCUT2D eigenvalue weighted by molar-refractivity contribution is 1.06. The van der Waals surface area contributed by atoms with Crippen molar-refractivity contribution in [1.29, 1.82) is 0 Å². The predicted molar refractivity (Wildman–Crippen MR) is 66.9 cm³/mol. The van der Waals surface area contributed by atoms with Crippen LogP contribution in [0.3, 0.4) is 0 Å². The molecule has 2 aromatic rings. The van der Waals surface area contributed by atoms with Crippen LogP contribution in [0.1, 0.15) is 16.8 Å². The van der Waals surface area contributed by atoms with E-state index in [-0.39, 0.29) is 0 Å². The summed E-state index contributed by atoms with van der Waals surface area (Å²) in [5, 5.41) is 0. The second kappa shape index (κ2) is 4.14. The van der Waals surface area contributed by atoms with Crippen LogP contribution in [0.25, 0.3) is 11.5 Å². The lowest BCUT2D eigenvalue weighted by atomic mass is 10.1. The molecule has 0 spiro atoms. The van der Waals surface area contributed by atoms with Crippen molar-refractivity contribution in [2.45, 2.75) is 20.8 Å². The van der Waals surface area contributed by atoms with E-state index in [1.165, 1.54) is 0 Å². The van der Waals surface area contributed by atoms with Crippen LogP contribution < -0.4 is 0 Å². The highest BCUT2D eigenvalue weighted by Crippen LogP contribution is 2.17. The zero-order chi connectivity index (χ0) is 11.7. The Bertz CT molecular complexity index is 587. The van der Waals surface area contributed by atoms with Crippen LogP contribution in [-0.4, -0.2) is 15.0 Å². The van der Waals surface area contributed by atoms with Crippen LogP contribution in [-0.2, 0) is 0 Å². The standard InChI is InChI=1S/C12H13N3S/c1-7-4-8(2)11(13-6-7)12-14-9(3)5-10(16)15-12/h4-6H,1-3H3,(H,14,15,16). The van der Waals surface area contributed by atoms with E-state index in [9.17, 15) is 0 Å². The van der Waals surface area contributed by atoms with Crippen molar-refractivity contribution < 1.29 is 0 Å². The molecule has 0 aliphatic rings. The fraction of sp³-hybridized carbons (Fsp3) is 0.250. The molecule has 2 heterocycles. The van der Waals surface area contributed by atoms with Gasteiger partial charge in [0, 0.05) is 11.9 Å². The molecule has 2 rings (SSSR count). The third-order valence-corrected chi connectivity index (χ3v) is 2.53. The van der Waals surface area contributed by atoms with E-state index >= 15 is 0 Å². The second-order valence-corrected chi connectivity index (χ2v) is 4.35. The van der Waals surface area contributed by atoms with Crippen LogP contribution >= 0.6 is 12.2 Å². The third-order valence-electron chi connectivity index (χ3n) is 2.32. The summed E-state index contributed by atoms with van der Waals surface area (Å²) in [4.78, 5) is 11.9. The van der Waals surface area contributed by atoms with E-state index in [0.29, 0.717) is 4.64 Å². The van der Waals surface area contributed by atoms with Gasteiger partial charge in [0.25, 0.3) is 0 Å². The SMILES string of the molecule is Cc1cnc(-c2nc(=S)cc(C)[nH]2)c(C)c1. The summed E-state index contributed by atoms with van der Waals surface area (Å²) in [6.07, 6.45) is 1.84. The number of hydrogen-bond acceptors (Lipinski definition) is 3. The van der Waals surface area contributed by atoms with E-state index in [2.05, 4.69) is 21.0 Å². The Morgan fingerprint density at radius 3 is 2.56 bits per heavy atom. The van der Waals surface area contributed by atoms with Crippen LogP contribution in [0.2, 0.25) is 0 Å². The first kappa shape index (κ1) is 11.0. The Hall–Kier alpha value is -1.55. The Balaban J connectivity index is 2.63. The van der Waals surface area contributed by atoms with E-state index in [0.717, 1.165) is 28.3 Å². The number of nitrogens with one attached hydrogen (secondary N) is 1. The number of H-pyrrole nitrogens is 1. The molecule has 0 radical (unpaired) electrons. The van der Waals surface area contributed by atoms with Gasteiger partial charge in [0.15, 0.2) is 5.82 Å². The number of rotatable bonds is 1. The Morgan fingerprint density at radius 1 is 1.19 bits per heavy atom. The van der Waals surface area contributed by atoms with Gasteiger partial charge in [-0.3, -0.25) is 4.98 Å². The van der Waals surface area contributed by atoms with E-state index in [1.807, 2.05) is 33.0 Å². The summed E-state index contributed by atoms with van der Waals surface area (Å²) >= 11 is 5.10. The number of pyridine rings is 1. The number of aromatic amines is 1. The van der Waals surface area contributed by atoms with Crippen molar-refractivity contribution in [3.8, 4) is 11.5 Å². The molecule has 0 saturated carbocycles. The minimum Gasteiger partial charge on any atom is -0.342 e. The topological polar surface area (TPSA) is 41.6 Å². The summed E-state index contributed by atoms with van der Waals surface area (Å²) in [6.45, 7) is 6.01. The predicted octanol–water partition coefficient (Wildman–Crippen LogP) is 3.13. The molecule has 3 nitrogen and oxygen atoms in total. The Morgan fingerprint density at radius 2 is 1.94 bits per heavy atom. The van der Waals surface area contributed by atoms with Gasteiger partial charge in [0.05, 0.1) is 0 Å². The van der Waals surface area contributed by atoms with E-state index < -0.39 is 0 Å². The number of aromatic nitrogens is 3. The van der Waals surface area contributed by atoms with Crippen molar-refractivity contribution in [3.63, 3.8) is 0 Å². The van der Waals surface area contributed by atoms with Crippen LogP contribution in [0, 0.1) is 25.4 Å². The Labute approximate surface area is 99.6 Å². The molecular formula is C12H13N3S. The quantitative estimate of drug-likeness (QED) is 0.767. The zero-order valence-electron chi connectivity index (χ0n) is 9.53. The minimum atomic E-state index is 0.591. The van der Waals surface area contributed by atoms with Gasteiger partial charge in [0.1, 0.15) is 10.3 Å². The smallest absolute Gasteiger partial charge is 0.158 e. The molecule has 0 amide bonds. The molecule has 2 aromatic heterocycles. The largest absolute Gasteiger partial charge is 0.342 e. The van der Waals surface area contributed by atoms with Gasteiger partial charge in [-0.15, -0.1) is 0 Å². The van der Waals surface area contributed by atoms with Crippen LogP contribution in [0.5, 0.6) is 0 Å². The lowest BCUT2D eigenvalue weighted by Gasteiger charge is -2.06. The molecule has 0 aliphatic carbocycles. The van der Waals surface area contributed by atoms with Crippen molar-refractivity contribution in [2.24, 2.45) is 0 Å². The maximum atomic E-state index is 5.10. The number of aryl methyl sites for hydroxylation is 3. The molecule has 0 bridgehead atoms. The van der Waals surface area contributed by atoms with Gasteiger partial charge < -0.3 is 4.98 Å². The summed E-state index contributed by atoms with van der Waals surface area (Å²) < 4.78 is 0.591. The van der Waals surface area contributed by atoms with Crippen molar-refractivity contribution in [1.82, 2.24) is 15.0 Å². The fourth-order valence-electron chi connectivity index (χ4n) is 1.65. The molecule has 4 heteroatoms. The first-order valence-corrected chi connectivity index (χ1v) is 5.48. The minimum absolute atomic E-state index is 0.591. The summed E-state index contributed by atoms with van der Waals surface area (Å²) in [6, 6.07) is 3.92. The monoisotopic (exact) mass is 231 g/mol.